The molecule has 0 aliphatic carbocycles. The number of hydrogen-bond acceptors (Lipinski definition) is 1. The monoisotopic (exact) mass is 219 g/mol. The Hall–Kier alpha value is -0.820. The molecule has 1 rings (SSSR count). The molecule has 0 spiro atoms. The molecule has 16 heavy (non-hydrogen) atoms. The fourth-order valence-corrected chi connectivity index (χ4v) is 1.94. The zero-order chi connectivity index (χ0) is 12.0. The standard InChI is InChI=1S/C15H25N/c1-5-6-12-14(16-15(2,3)4)13-10-8-7-9-11-13/h7-11,14,16H,5-6,12H2,1-4H3. The van der Waals surface area contributed by atoms with Crippen molar-refractivity contribution >= 4 is 0 Å². The van der Waals surface area contributed by atoms with Crippen LogP contribution in [-0.2, 0) is 0 Å². The van der Waals surface area contributed by atoms with Crippen molar-refractivity contribution in [3.05, 3.63) is 35.9 Å². The number of hydrogen-bond donors (Lipinski definition) is 1. The summed E-state index contributed by atoms with van der Waals surface area (Å²) in [5.74, 6) is 0. The first-order valence-electron chi connectivity index (χ1n) is 6.35. The maximum atomic E-state index is 3.71. The van der Waals surface area contributed by atoms with E-state index < -0.39 is 0 Å². The molecular formula is C15H25N. The Morgan fingerprint density at radius 3 is 2.25 bits per heavy atom. The first-order chi connectivity index (χ1) is 7.53. The molecule has 90 valence electrons. The quantitative estimate of drug-likeness (QED) is 0.778. The number of nitrogens with one attached hydrogen (secondary N) is 1. The second kappa shape index (κ2) is 6.05. The topological polar surface area (TPSA) is 12.0 Å². The minimum atomic E-state index is 0.175. The van der Waals surface area contributed by atoms with Crippen molar-refractivity contribution in [2.75, 3.05) is 0 Å². The minimum absolute atomic E-state index is 0.175. The van der Waals surface area contributed by atoms with E-state index in [1.54, 1.807) is 0 Å². The molecule has 1 aromatic rings. The van der Waals surface area contributed by atoms with E-state index in [2.05, 4.69) is 63.3 Å². The van der Waals surface area contributed by atoms with E-state index in [9.17, 15) is 0 Å². The minimum Gasteiger partial charge on any atom is -0.305 e. The third-order valence-corrected chi connectivity index (χ3v) is 2.66. The number of benzene rings is 1. The molecule has 0 heterocycles. The van der Waals surface area contributed by atoms with Crippen molar-refractivity contribution in [3.8, 4) is 0 Å². The first kappa shape index (κ1) is 13.2. The summed E-state index contributed by atoms with van der Waals surface area (Å²) in [5.41, 5.74) is 1.58. The molecule has 0 radical (unpaired) electrons. The molecule has 0 bridgehead atoms. The van der Waals surface area contributed by atoms with Crippen molar-refractivity contribution in [1.29, 1.82) is 0 Å². The van der Waals surface area contributed by atoms with Crippen molar-refractivity contribution in [2.45, 2.75) is 58.5 Å². The average molecular weight is 219 g/mol. The third kappa shape index (κ3) is 4.80. The smallest absolute Gasteiger partial charge is 0.0324 e. The third-order valence-electron chi connectivity index (χ3n) is 2.66. The van der Waals surface area contributed by atoms with E-state index in [1.807, 2.05) is 0 Å². The predicted octanol–water partition coefficient (Wildman–Crippen LogP) is 4.31. The van der Waals surface area contributed by atoms with Gasteiger partial charge >= 0.3 is 0 Å². The van der Waals surface area contributed by atoms with Gasteiger partial charge in [-0.25, -0.2) is 0 Å². The lowest BCUT2D eigenvalue weighted by Gasteiger charge is -2.29. The van der Waals surface area contributed by atoms with Crippen molar-refractivity contribution in [2.24, 2.45) is 0 Å². The highest BCUT2D eigenvalue weighted by Crippen LogP contribution is 2.22. The molecule has 0 saturated carbocycles. The highest BCUT2D eigenvalue weighted by atomic mass is 15.0. The lowest BCUT2D eigenvalue weighted by atomic mass is 9.97. The molecule has 0 aliphatic heterocycles. The van der Waals surface area contributed by atoms with Crippen molar-refractivity contribution < 1.29 is 0 Å². The fraction of sp³-hybridized carbons (Fsp3) is 0.600. The van der Waals surface area contributed by atoms with Crippen LogP contribution in [0.4, 0.5) is 0 Å². The largest absolute Gasteiger partial charge is 0.305 e. The predicted molar refractivity (Wildman–Crippen MR) is 71.6 cm³/mol. The van der Waals surface area contributed by atoms with Gasteiger partial charge in [0.1, 0.15) is 0 Å². The van der Waals surface area contributed by atoms with Crippen LogP contribution in [0.1, 0.15) is 58.6 Å². The second-order valence-electron chi connectivity index (χ2n) is 5.50. The van der Waals surface area contributed by atoms with Crippen LogP contribution < -0.4 is 5.32 Å². The second-order valence-corrected chi connectivity index (χ2v) is 5.50. The summed E-state index contributed by atoms with van der Waals surface area (Å²) in [6, 6.07) is 11.3. The molecule has 1 N–H and O–H groups in total. The Labute approximate surface area is 100 Å². The van der Waals surface area contributed by atoms with E-state index in [-0.39, 0.29) is 5.54 Å². The molecule has 1 unspecified atom stereocenters. The van der Waals surface area contributed by atoms with Crippen LogP contribution in [0.5, 0.6) is 0 Å². The maximum Gasteiger partial charge on any atom is 0.0324 e. The summed E-state index contributed by atoms with van der Waals surface area (Å²) in [6.45, 7) is 8.94. The van der Waals surface area contributed by atoms with Crippen LogP contribution in [0.2, 0.25) is 0 Å². The van der Waals surface area contributed by atoms with Crippen LogP contribution >= 0.6 is 0 Å². The van der Waals surface area contributed by atoms with Crippen LogP contribution in [0.25, 0.3) is 0 Å². The van der Waals surface area contributed by atoms with Gasteiger partial charge in [0, 0.05) is 11.6 Å². The normalized spacial score (nSPS) is 13.8. The lowest BCUT2D eigenvalue weighted by molar-refractivity contribution is 0.345. The number of unbranched alkanes of at least 4 members (excludes halogenated alkanes) is 1. The molecule has 0 amide bonds. The van der Waals surface area contributed by atoms with Gasteiger partial charge in [-0.1, -0.05) is 50.1 Å². The van der Waals surface area contributed by atoms with E-state index in [1.165, 1.54) is 24.8 Å². The molecule has 1 heteroatoms. The summed E-state index contributed by atoms with van der Waals surface area (Å²) in [7, 11) is 0. The van der Waals surface area contributed by atoms with Gasteiger partial charge in [0.25, 0.3) is 0 Å². The summed E-state index contributed by atoms with van der Waals surface area (Å²) in [6.07, 6.45) is 3.76. The van der Waals surface area contributed by atoms with Gasteiger partial charge in [0.2, 0.25) is 0 Å². The van der Waals surface area contributed by atoms with E-state index in [0.29, 0.717) is 6.04 Å². The van der Waals surface area contributed by atoms with Gasteiger partial charge in [-0.3, -0.25) is 0 Å². The zero-order valence-corrected chi connectivity index (χ0v) is 11.1. The highest BCUT2D eigenvalue weighted by molar-refractivity contribution is 5.19. The Kier molecular flexibility index (Phi) is 5.01. The first-order valence-corrected chi connectivity index (χ1v) is 6.35. The van der Waals surface area contributed by atoms with Gasteiger partial charge in [0.15, 0.2) is 0 Å². The van der Waals surface area contributed by atoms with Crippen LogP contribution in [0, 0.1) is 0 Å². The Bertz CT molecular complexity index is 284. The molecular weight excluding hydrogens is 194 g/mol. The van der Waals surface area contributed by atoms with Crippen LogP contribution in [0.3, 0.4) is 0 Å². The fourth-order valence-electron chi connectivity index (χ4n) is 1.94. The lowest BCUT2D eigenvalue weighted by Crippen LogP contribution is -2.38. The van der Waals surface area contributed by atoms with Gasteiger partial charge < -0.3 is 5.32 Å². The summed E-state index contributed by atoms with van der Waals surface area (Å²) < 4.78 is 0. The zero-order valence-electron chi connectivity index (χ0n) is 11.1. The van der Waals surface area contributed by atoms with Crippen molar-refractivity contribution in [3.63, 3.8) is 0 Å². The van der Waals surface area contributed by atoms with Crippen LogP contribution in [-0.4, -0.2) is 5.54 Å². The SMILES string of the molecule is CCCCC(NC(C)(C)C)c1ccccc1. The van der Waals surface area contributed by atoms with E-state index in [4.69, 9.17) is 0 Å². The van der Waals surface area contributed by atoms with Gasteiger partial charge in [-0.05, 0) is 32.8 Å². The summed E-state index contributed by atoms with van der Waals surface area (Å²) >= 11 is 0. The molecule has 0 aliphatic rings. The van der Waals surface area contributed by atoms with Crippen molar-refractivity contribution in [1.82, 2.24) is 5.32 Å². The molecule has 0 saturated heterocycles. The van der Waals surface area contributed by atoms with E-state index >= 15 is 0 Å². The molecule has 0 fully saturated rings. The molecule has 1 atom stereocenters. The highest BCUT2D eigenvalue weighted by Gasteiger charge is 2.17. The Morgan fingerprint density at radius 2 is 1.75 bits per heavy atom. The average Bonchev–Trinajstić information content (AvgIpc) is 2.24. The van der Waals surface area contributed by atoms with Gasteiger partial charge in [0.05, 0.1) is 0 Å². The molecule has 1 nitrogen and oxygen atoms in total. The molecule has 1 aromatic carbocycles. The Balaban J connectivity index is 2.71. The summed E-state index contributed by atoms with van der Waals surface area (Å²) in [4.78, 5) is 0. The van der Waals surface area contributed by atoms with Gasteiger partial charge in [-0.2, -0.15) is 0 Å². The Morgan fingerprint density at radius 1 is 1.12 bits per heavy atom. The van der Waals surface area contributed by atoms with E-state index in [0.717, 1.165) is 0 Å². The molecule has 0 aromatic heterocycles. The van der Waals surface area contributed by atoms with Gasteiger partial charge in [-0.15, -0.1) is 0 Å². The maximum absolute atomic E-state index is 3.71. The summed E-state index contributed by atoms with van der Waals surface area (Å²) in [5, 5.41) is 3.71. The number of rotatable bonds is 5. The van der Waals surface area contributed by atoms with Crippen LogP contribution in [0.15, 0.2) is 30.3 Å².